The molecule has 0 aliphatic carbocycles. The van der Waals surface area contributed by atoms with Gasteiger partial charge in [0.05, 0.1) is 17.7 Å². The number of phenolic OH excluding ortho intramolecular Hbond substituents is 1. The number of benzene rings is 2. The molecule has 0 fully saturated rings. The monoisotopic (exact) mass is 396 g/mol. The molecule has 2 rings (SSSR count). The zero-order valence-corrected chi connectivity index (χ0v) is 17.7. The Bertz CT molecular complexity index is 821. The average Bonchev–Trinajstić information content (AvgIpc) is 2.74. The number of aromatic hydroxyl groups is 1. The minimum Gasteiger partial charge on any atom is -0.507 e. The van der Waals surface area contributed by atoms with E-state index in [0.29, 0.717) is 12.5 Å². The van der Waals surface area contributed by atoms with Crippen molar-refractivity contribution in [1.82, 2.24) is 0 Å². The molecule has 4 heteroatoms. The van der Waals surface area contributed by atoms with Gasteiger partial charge in [-0.2, -0.15) is 0 Å². The van der Waals surface area contributed by atoms with Crippen LogP contribution in [0.2, 0.25) is 0 Å². The first-order valence-electron chi connectivity index (χ1n) is 10.7. The van der Waals surface area contributed by atoms with Crippen LogP contribution in [0.15, 0.2) is 42.5 Å². The van der Waals surface area contributed by atoms with E-state index in [2.05, 4.69) is 20.8 Å². The van der Waals surface area contributed by atoms with Gasteiger partial charge in [-0.1, -0.05) is 64.3 Å². The van der Waals surface area contributed by atoms with Crippen molar-refractivity contribution in [2.45, 2.75) is 65.2 Å². The maximum Gasteiger partial charge on any atom is 0.338 e. The van der Waals surface area contributed by atoms with Crippen molar-refractivity contribution >= 4 is 11.8 Å². The van der Waals surface area contributed by atoms with Gasteiger partial charge in [0, 0.05) is 5.56 Å². The number of hydrogen-bond acceptors (Lipinski definition) is 4. The molecular weight excluding hydrogens is 364 g/mol. The lowest BCUT2D eigenvalue weighted by Gasteiger charge is -2.15. The smallest absolute Gasteiger partial charge is 0.338 e. The number of ketones is 1. The van der Waals surface area contributed by atoms with Crippen LogP contribution in [0.1, 0.15) is 97.1 Å². The summed E-state index contributed by atoms with van der Waals surface area (Å²) in [6, 6.07) is 11.8. The maximum atomic E-state index is 13.1. The van der Waals surface area contributed by atoms with Gasteiger partial charge in [-0.3, -0.25) is 4.79 Å². The predicted molar refractivity (Wildman–Crippen MR) is 116 cm³/mol. The highest BCUT2D eigenvalue weighted by Crippen LogP contribution is 2.30. The summed E-state index contributed by atoms with van der Waals surface area (Å²) in [5.41, 5.74) is 1.69. The Kier molecular flexibility index (Phi) is 8.91. The lowest BCUT2D eigenvalue weighted by molar-refractivity contribution is 0.0495. The van der Waals surface area contributed by atoms with Crippen LogP contribution in [0, 0.1) is 0 Å². The van der Waals surface area contributed by atoms with Gasteiger partial charge in [0.25, 0.3) is 0 Å². The number of unbranched alkanes of at least 4 members (excludes halogenated alkanes) is 3. The minimum absolute atomic E-state index is 0.0536. The Morgan fingerprint density at radius 3 is 2.21 bits per heavy atom. The summed E-state index contributed by atoms with van der Waals surface area (Å²) in [6.07, 6.45) is 5.99. The Labute approximate surface area is 173 Å². The number of phenols is 1. The second-order valence-corrected chi connectivity index (χ2v) is 7.36. The van der Waals surface area contributed by atoms with Crippen LogP contribution in [0.5, 0.6) is 5.75 Å². The molecule has 0 saturated heterocycles. The molecule has 2 aromatic carbocycles. The van der Waals surface area contributed by atoms with Gasteiger partial charge in [0.1, 0.15) is 5.75 Å². The zero-order valence-electron chi connectivity index (χ0n) is 17.7. The van der Waals surface area contributed by atoms with E-state index < -0.39 is 5.97 Å². The normalized spacial score (nSPS) is 10.9. The molecule has 0 atom stereocenters. The van der Waals surface area contributed by atoms with Gasteiger partial charge >= 0.3 is 5.97 Å². The third-order valence-corrected chi connectivity index (χ3v) is 5.35. The summed E-state index contributed by atoms with van der Waals surface area (Å²) < 4.78 is 5.36. The van der Waals surface area contributed by atoms with E-state index in [1.165, 1.54) is 0 Å². The molecule has 0 amide bonds. The van der Waals surface area contributed by atoms with Crippen molar-refractivity contribution in [1.29, 1.82) is 0 Å². The molecule has 0 saturated carbocycles. The summed E-state index contributed by atoms with van der Waals surface area (Å²) in [4.78, 5) is 25.6. The van der Waals surface area contributed by atoms with Crippen LogP contribution in [0.4, 0.5) is 0 Å². The van der Waals surface area contributed by atoms with E-state index in [1.54, 1.807) is 36.4 Å². The number of hydrogen-bond donors (Lipinski definition) is 1. The second-order valence-electron chi connectivity index (χ2n) is 7.36. The third kappa shape index (κ3) is 5.93. The Morgan fingerprint density at radius 1 is 0.897 bits per heavy atom. The van der Waals surface area contributed by atoms with Crippen LogP contribution in [0.25, 0.3) is 0 Å². The number of carbonyl (C=O) groups is 2. The number of rotatable bonds is 11. The first-order valence-corrected chi connectivity index (χ1v) is 10.7. The summed E-state index contributed by atoms with van der Waals surface area (Å²) in [7, 11) is 0. The quantitative estimate of drug-likeness (QED) is 0.276. The maximum absolute atomic E-state index is 13.1. The fourth-order valence-corrected chi connectivity index (χ4v) is 3.53. The summed E-state index contributed by atoms with van der Waals surface area (Å²) >= 11 is 0. The molecule has 29 heavy (non-hydrogen) atoms. The van der Waals surface area contributed by atoms with E-state index in [0.717, 1.165) is 44.1 Å². The van der Waals surface area contributed by atoms with Crippen molar-refractivity contribution in [3.05, 3.63) is 64.7 Å². The van der Waals surface area contributed by atoms with Crippen molar-refractivity contribution in [3.8, 4) is 5.75 Å². The molecule has 156 valence electrons. The molecule has 0 unspecified atom stereocenters. The van der Waals surface area contributed by atoms with Crippen LogP contribution in [0.3, 0.4) is 0 Å². The Morgan fingerprint density at radius 2 is 1.59 bits per heavy atom. The standard InChI is InChI=1S/C25H32O4/c1-4-7-8-11-16-29-25(28)21-13-10-9-12-20(21)24(27)22-15-14-19(17-23(22)26)18(5-2)6-3/h9-10,12-15,17-18,26H,4-8,11,16H2,1-3H3. The van der Waals surface area contributed by atoms with Crippen LogP contribution >= 0.6 is 0 Å². The molecule has 0 radical (unpaired) electrons. The first kappa shape index (κ1) is 22.7. The van der Waals surface area contributed by atoms with Crippen LogP contribution < -0.4 is 0 Å². The van der Waals surface area contributed by atoms with Crippen molar-refractivity contribution < 1.29 is 19.4 Å². The minimum atomic E-state index is -0.501. The van der Waals surface area contributed by atoms with Crippen molar-refractivity contribution in [3.63, 3.8) is 0 Å². The molecule has 0 aliphatic rings. The Balaban J connectivity index is 2.20. The van der Waals surface area contributed by atoms with Gasteiger partial charge in [-0.25, -0.2) is 4.79 Å². The number of carbonyl (C=O) groups excluding carboxylic acids is 2. The molecular formula is C25H32O4. The molecule has 1 N–H and O–H groups in total. The fraction of sp³-hybridized carbons (Fsp3) is 0.440. The third-order valence-electron chi connectivity index (χ3n) is 5.35. The van der Waals surface area contributed by atoms with Gasteiger partial charge in [-0.05, 0) is 48.9 Å². The van der Waals surface area contributed by atoms with Crippen LogP contribution in [-0.2, 0) is 4.74 Å². The summed E-state index contributed by atoms with van der Waals surface area (Å²) in [6.45, 7) is 6.68. The predicted octanol–water partition coefficient (Wildman–Crippen LogP) is 6.26. The van der Waals surface area contributed by atoms with Crippen LogP contribution in [-0.4, -0.2) is 23.5 Å². The topological polar surface area (TPSA) is 63.6 Å². The van der Waals surface area contributed by atoms with E-state index in [-0.39, 0.29) is 28.2 Å². The first-order chi connectivity index (χ1) is 14.0. The highest BCUT2D eigenvalue weighted by molar-refractivity contribution is 6.15. The largest absolute Gasteiger partial charge is 0.507 e. The SMILES string of the molecule is CCCCCCOC(=O)c1ccccc1C(=O)c1ccc(C(CC)CC)cc1O. The molecule has 2 aromatic rings. The van der Waals surface area contributed by atoms with Gasteiger partial charge < -0.3 is 9.84 Å². The van der Waals surface area contributed by atoms with Gasteiger partial charge in [-0.15, -0.1) is 0 Å². The fourth-order valence-electron chi connectivity index (χ4n) is 3.53. The van der Waals surface area contributed by atoms with Crippen molar-refractivity contribution in [2.24, 2.45) is 0 Å². The molecule has 4 nitrogen and oxygen atoms in total. The molecule has 0 bridgehead atoms. The number of ether oxygens (including phenoxy) is 1. The lowest BCUT2D eigenvalue weighted by Crippen LogP contribution is -2.13. The molecule has 0 aromatic heterocycles. The highest BCUT2D eigenvalue weighted by Gasteiger charge is 2.22. The molecule has 0 spiro atoms. The van der Waals surface area contributed by atoms with Crippen molar-refractivity contribution in [2.75, 3.05) is 6.61 Å². The van der Waals surface area contributed by atoms with E-state index in [9.17, 15) is 14.7 Å². The zero-order chi connectivity index (χ0) is 21.2. The highest BCUT2D eigenvalue weighted by atomic mass is 16.5. The molecule has 0 heterocycles. The van der Waals surface area contributed by atoms with E-state index >= 15 is 0 Å². The van der Waals surface area contributed by atoms with Gasteiger partial charge in [0.15, 0.2) is 5.78 Å². The second kappa shape index (κ2) is 11.4. The number of esters is 1. The van der Waals surface area contributed by atoms with Gasteiger partial charge in [0.2, 0.25) is 0 Å². The van der Waals surface area contributed by atoms with E-state index in [4.69, 9.17) is 4.74 Å². The van der Waals surface area contributed by atoms with E-state index in [1.807, 2.05) is 6.07 Å². The summed E-state index contributed by atoms with van der Waals surface area (Å²) in [5.74, 6) is -0.585. The Hall–Kier alpha value is -2.62. The lowest BCUT2D eigenvalue weighted by atomic mass is 9.91. The summed E-state index contributed by atoms with van der Waals surface area (Å²) in [5, 5.41) is 10.5. The average molecular weight is 397 g/mol. The molecule has 0 aliphatic heterocycles.